The Morgan fingerprint density at radius 3 is 2.05 bits per heavy atom. The summed E-state index contributed by atoms with van der Waals surface area (Å²) in [5.74, 6) is 0.582. The van der Waals surface area contributed by atoms with E-state index in [0.29, 0.717) is 11.8 Å². The third-order valence-corrected chi connectivity index (χ3v) is 9.16. The third kappa shape index (κ3) is 7.81. The number of ether oxygens (including phenoxy) is 1. The minimum Gasteiger partial charge on any atom is -0.304 e. The molecule has 2 aromatic rings. The van der Waals surface area contributed by atoms with Crippen LogP contribution in [0.15, 0.2) is 35.2 Å². The molecule has 1 aliphatic heterocycles. The van der Waals surface area contributed by atoms with Crippen LogP contribution in [-0.4, -0.2) is 43.1 Å². The van der Waals surface area contributed by atoms with Gasteiger partial charge in [0.1, 0.15) is 5.82 Å². The maximum atomic E-state index is 13.8. The molecule has 38 heavy (non-hydrogen) atoms. The standard InChI is InChI=1S/C18H28FN.C12H17NO3S.Ru/c1-7-12-9-14(19)10-13(8-2)15(12)16-17(3,4)11-18(5,6)20-16;1-9(2)16-12-7-6-11(8-10(12)3)17(14,15)13(4)5;/h9-10,16,20H,7-8,11H2,1-6H3;3,6-9H,1-2,4-5H3;. The summed E-state index contributed by atoms with van der Waals surface area (Å²) in [4.78, 5) is 0.264. The fourth-order valence-electron chi connectivity index (χ4n) is 5.37. The number of aryl methyl sites for hydroxylation is 2. The molecule has 214 valence electrons. The predicted molar refractivity (Wildman–Crippen MR) is 152 cm³/mol. The fraction of sp³-hybridized carbons (Fsp3) is 0.567. The quantitative estimate of drug-likeness (QED) is 0.352. The van der Waals surface area contributed by atoms with E-state index in [0.717, 1.165) is 36.0 Å². The van der Waals surface area contributed by atoms with Crippen LogP contribution in [0.25, 0.3) is 0 Å². The summed E-state index contributed by atoms with van der Waals surface area (Å²) in [7, 11) is -0.379. The number of nitrogens with zero attached hydrogens (tertiary/aromatic N) is 1. The normalized spacial score (nSPS) is 18.3. The molecule has 8 heteroatoms. The molecule has 0 aromatic heterocycles. The van der Waals surface area contributed by atoms with Gasteiger partial charge in [0.2, 0.25) is 0 Å². The number of sulfonamides is 1. The van der Waals surface area contributed by atoms with E-state index in [1.807, 2.05) is 13.8 Å². The predicted octanol–water partition coefficient (Wildman–Crippen LogP) is 6.21. The van der Waals surface area contributed by atoms with Crippen LogP contribution in [-0.2, 0) is 40.7 Å². The summed E-state index contributed by atoms with van der Waals surface area (Å²) in [6.45, 7) is 17.3. The Kier molecular flexibility index (Phi) is 11.0. The van der Waals surface area contributed by atoms with Gasteiger partial charge in [-0.15, -0.1) is 0 Å². The summed E-state index contributed by atoms with van der Waals surface area (Å²) >= 11 is 2.37. The van der Waals surface area contributed by atoms with Gasteiger partial charge in [0, 0.05) is 11.6 Å². The monoisotopic (exact) mass is 634 g/mol. The van der Waals surface area contributed by atoms with Crippen LogP contribution in [0.5, 0.6) is 5.75 Å². The van der Waals surface area contributed by atoms with Crippen LogP contribution in [0.2, 0.25) is 0 Å². The summed E-state index contributed by atoms with van der Waals surface area (Å²) in [6.07, 6.45) is 2.95. The maximum Gasteiger partial charge on any atom is 0.123 e. The first-order valence-corrected chi connectivity index (χ1v) is 15.7. The van der Waals surface area contributed by atoms with Gasteiger partial charge >= 0.3 is 118 Å². The van der Waals surface area contributed by atoms with E-state index in [4.69, 9.17) is 4.74 Å². The van der Waals surface area contributed by atoms with E-state index < -0.39 is 10.0 Å². The van der Waals surface area contributed by atoms with E-state index in [1.54, 1.807) is 34.9 Å². The summed E-state index contributed by atoms with van der Waals surface area (Å²) < 4.78 is 46.4. The zero-order chi connectivity index (χ0) is 29.1. The van der Waals surface area contributed by atoms with E-state index in [2.05, 4.69) is 64.7 Å². The molecule has 1 atom stereocenters. The summed E-state index contributed by atoms with van der Waals surface area (Å²) in [6, 6.07) is 8.61. The van der Waals surface area contributed by atoms with Crippen LogP contribution < -0.4 is 10.1 Å². The Balaban J connectivity index is 0.000000269. The Bertz CT molecular complexity index is 1220. The molecule has 1 aliphatic rings. The Morgan fingerprint density at radius 2 is 1.66 bits per heavy atom. The van der Waals surface area contributed by atoms with Gasteiger partial charge in [-0.3, -0.25) is 0 Å². The van der Waals surface area contributed by atoms with Crippen molar-refractivity contribution in [1.29, 1.82) is 0 Å². The van der Waals surface area contributed by atoms with Crippen LogP contribution >= 0.6 is 0 Å². The minimum atomic E-state index is -3.40. The molecular weight excluding hydrogens is 588 g/mol. The largest absolute Gasteiger partial charge is 0.304 e. The van der Waals surface area contributed by atoms with E-state index in [9.17, 15) is 12.8 Å². The molecule has 0 amide bonds. The summed E-state index contributed by atoms with van der Waals surface area (Å²) in [5.41, 5.74) is 4.73. The smallest absolute Gasteiger partial charge is 0.123 e. The van der Waals surface area contributed by atoms with E-state index in [1.165, 1.54) is 24.0 Å². The van der Waals surface area contributed by atoms with Crippen molar-refractivity contribution in [2.24, 2.45) is 5.41 Å². The van der Waals surface area contributed by atoms with Crippen LogP contribution in [0.4, 0.5) is 4.39 Å². The molecule has 5 nitrogen and oxygen atoms in total. The molecule has 0 spiro atoms. The molecule has 0 saturated carbocycles. The van der Waals surface area contributed by atoms with Crippen molar-refractivity contribution in [3.8, 4) is 5.75 Å². The molecule has 1 unspecified atom stereocenters. The summed E-state index contributed by atoms with van der Waals surface area (Å²) in [5, 5.41) is 3.78. The number of halogens is 1. The molecule has 1 fully saturated rings. The molecular formula is C30H45FN2O3RuS. The first kappa shape index (κ1) is 32.7. The second kappa shape index (κ2) is 12.8. The van der Waals surface area contributed by atoms with Crippen molar-refractivity contribution in [2.75, 3.05) is 14.1 Å². The van der Waals surface area contributed by atoms with Crippen LogP contribution in [0.3, 0.4) is 0 Å². The Labute approximate surface area is 239 Å². The number of hydrogen-bond donors (Lipinski definition) is 1. The molecule has 2 aromatic carbocycles. The van der Waals surface area contributed by atoms with Gasteiger partial charge in [-0.25, -0.2) is 4.39 Å². The van der Waals surface area contributed by atoms with Crippen LogP contribution in [0, 0.1) is 11.2 Å². The van der Waals surface area contributed by atoms with E-state index >= 15 is 0 Å². The van der Waals surface area contributed by atoms with Gasteiger partial charge < -0.3 is 5.32 Å². The first-order chi connectivity index (χ1) is 17.5. The van der Waals surface area contributed by atoms with Gasteiger partial charge in [-0.2, -0.15) is 0 Å². The van der Waals surface area contributed by atoms with Gasteiger partial charge in [0.15, 0.2) is 0 Å². The van der Waals surface area contributed by atoms with Crippen molar-refractivity contribution in [2.45, 2.75) is 97.2 Å². The average molecular weight is 634 g/mol. The zero-order valence-electron chi connectivity index (χ0n) is 24.6. The third-order valence-electron chi connectivity index (χ3n) is 6.81. The topological polar surface area (TPSA) is 58.6 Å². The molecule has 0 aliphatic carbocycles. The average Bonchev–Trinajstić information content (AvgIpc) is 3.04. The second-order valence-corrected chi connectivity index (χ2v) is 14.4. The molecule has 1 heterocycles. The minimum absolute atomic E-state index is 0.0478. The van der Waals surface area contributed by atoms with Crippen molar-refractivity contribution in [3.63, 3.8) is 0 Å². The zero-order valence-corrected chi connectivity index (χ0v) is 27.1. The molecule has 0 radical (unpaired) electrons. The van der Waals surface area contributed by atoms with Crippen molar-refractivity contribution in [3.05, 3.63) is 58.4 Å². The Morgan fingerprint density at radius 1 is 1.11 bits per heavy atom. The van der Waals surface area contributed by atoms with Crippen molar-refractivity contribution >= 4 is 14.6 Å². The van der Waals surface area contributed by atoms with Gasteiger partial charge in [-0.1, -0.05) is 27.7 Å². The van der Waals surface area contributed by atoms with Crippen molar-refractivity contribution < 1.29 is 35.4 Å². The number of nitrogens with one attached hydrogen (secondary N) is 1. The Hall–Kier alpha value is -1.47. The van der Waals surface area contributed by atoms with Gasteiger partial charge in [0.25, 0.3) is 0 Å². The number of hydrogen-bond acceptors (Lipinski definition) is 4. The van der Waals surface area contributed by atoms with Gasteiger partial charge in [-0.05, 0) is 67.3 Å². The SMILES string of the molecule is CC(C)Oc1ccc(S(=O)(=O)N(C)C)cc1[CH]=[Ru].CCc1cc(F)cc(CC)c1C1NC(C)(C)CC1(C)C. The molecule has 3 rings (SSSR count). The van der Waals surface area contributed by atoms with Crippen LogP contribution in [0.1, 0.15) is 90.1 Å². The number of benzene rings is 2. The van der Waals surface area contributed by atoms with Gasteiger partial charge in [0.05, 0.1) is 0 Å². The first-order valence-electron chi connectivity index (χ1n) is 13.2. The second-order valence-electron chi connectivity index (χ2n) is 11.7. The van der Waals surface area contributed by atoms with Crippen molar-refractivity contribution in [1.82, 2.24) is 9.62 Å². The molecule has 0 bridgehead atoms. The fourth-order valence-corrected chi connectivity index (χ4v) is 6.70. The molecule has 1 N–H and O–H groups in total. The number of rotatable bonds is 8. The van der Waals surface area contributed by atoms with E-state index in [-0.39, 0.29) is 27.8 Å². The maximum absolute atomic E-state index is 13.8. The molecule has 1 saturated heterocycles.